The van der Waals surface area contributed by atoms with Crippen molar-refractivity contribution >= 4 is 5.97 Å². The summed E-state index contributed by atoms with van der Waals surface area (Å²) in [5.74, 6) is -0.879. The minimum atomic E-state index is -1.16. The van der Waals surface area contributed by atoms with Crippen molar-refractivity contribution in [2.45, 2.75) is 58.0 Å². The van der Waals surface area contributed by atoms with Crippen molar-refractivity contribution in [3.05, 3.63) is 41.9 Å². The molecule has 1 unspecified atom stereocenters. The largest absolute Gasteiger partial charge is 0.476 e. The van der Waals surface area contributed by atoms with Crippen LogP contribution in [-0.4, -0.2) is 21.2 Å². The normalized spacial score (nSPS) is 12.2. The number of aromatic nitrogens is 1. The first kappa shape index (κ1) is 18.2. The SMILES string of the molecule is CCCCCCCCC(O)c1nc(C(=O)O)c(-c2ccccc2)o1. The van der Waals surface area contributed by atoms with Crippen LogP contribution in [-0.2, 0) is 0 Å². The molecule has 2 rings (SSSR count). The number of oxazole rings is 1. The Bertz CT molecular complexity index is 636. The van der Waals surface area contributed by atoms with E-state index in [0.717, 1.165) is 19.3 Å². The van der Waals surface area contributed by atoms with Crippen LogP contribution in [0.15, 0.2) is 34.7 Å². The average molecular weight is 331 g/mol. The zero-order valence-electron chi connectivity index (χ0n) is 14.1. The van der Waals surface area contributed by atoms with E-state index in [-0.39, 0.29) is 17.3 Å². The highest BCUT2D eigenvalue weighted by Crippen LogP contribution is 2.29. The van der Waals surface area contributed by atoms with Crippen LogP contribution in [0.4, 0.5) is 0 Å². The van der Waals surface area contributed by atoms with Gasteiger partial charge in [-0.25, -0.2) is 9.78 Å². The molecule has 2 aromatic rings. The number of carbonyl (C=O) groups is 1. The Labute approximate surface area is 142 Å². The van der Waals surface area contributed by atoms with E-state index in [2.05, 4.69) is 11.9 Å². The molecular weight excluding hydrogens is 306 g/mol. The average Bonchev–Trinajstić information content (AvgIpc) is 3.04. The highest BCUT2D eigenvalue weighted by Gasteiger charge is 2.24. The quantitative estimate of drug-likeness (QED) is 0.610. The topological polar surface area (TPSA) is 83.6 Å². The summed E-state index contributed by atoms with van der Waals surface area (Å²) in [6, 6.07) is 8.97. The van der Waals surface area contributed by atoms with E-state index >= 15 is 0 Å². The van der Waals surface area contributed by atoms with E-state index in [1.165, 1.54) is 19.3 Å². The van der Waals surface area contributed by atoms with Crippen molar-refractivity contribution in [1.82, 2.24) is 4.98 Å². The lowest BCUT2D eigenvalue weighted by molar-refractivity contribution is 0.0691. The van der Waals surface area contributed by atoms with Crippen LogP contribution in [0.3, 0.4) is 0 Å². The Morgan fingerprint density at radius 2 is 1.79 bits per heavy atom. The second-order valence-electron chi connectivity index (χ2n) is 5.97. The molecule has 0 saturated carbocycles. The van der Waals surface area contributed by atoms with E-state index in [4.69, 9.17) is 4.42 Å². The van der Waals surface area contributed by atoms with E-state index in [9.17, 15) is 15.0 Å². The van der Waals surface area contributed by atoms with Crippen molar-refractivity contribution in [1.29, 1.82) is 0 Å². The Hall–Kier alpha value is -2.14. The summed E-state index contributed by atoms with van der Waals surface area (Å²) in [7, 11) is 0. The highest BCUT2D eigenvalue weighted by atomic mass is 16.4. The van der Waals surface area contributed by atoms with E-state index in [0.29, 0.717) is 12.0 Å². The minimum absolute atomic E-state index is 0.0832. The third-order valence-electron chi connectivity index (χ3n) is 4.00. The lowest BCUT2D eigenvalue weighted by Crippen LogP contribution is -2.01. The number of aliphatic hydroxyl groups is 1. The molecule has 0 saturated heterocycles. The monoisotopic (exact) mass is 331 g/mol. The van der Waals surface area contributed by atoms with Gasteiger partial charge in [0.25, 0.3) is 0 Å². The minimum Gasteiger partial charge on any atom is -0.476 e. The Morgan fingerprint density at radius 1 is 1.12 bits per heavy atom. The summed E-state index contributed by atoms with van der Waals surface area (Å²) >= 11 is 0. The van der Waals surface area contributed by atoms with E-state index in [1.54, 1.807) is 24.3 Å². The summed E-state index contributed by atoms with van der Waals surface area (Å²) in [6.07, 6.45) is 6.40. The number of hydrogen-bond donors (Lipinski definition) is 2. The van der Waals surface area contributed by atoms with Gasteiger partial charge in [0.15, 0.2) is 11.5 Å². The van der Waals surface area contributed by atoms with Crippen LogP contribution in [0, 0.1) is 0 Å². The van der Waals surface area contributed by atoms with E-state index < -0.39 is 12.1 Å². The first-order valence-electron chi connectivity index (χ1n) is 8.61. The van der Waals surface area contributed by atoms with Crippen molar-refractivity contribution < 1.29 is 19.4 Å². The van der Waals surface area contributed by atoms with Gasteiger partial charge in [-0.2, -0.15) is 0 Å². The van der Waals surface area contributed by atoms with Gasteiger partial charge in [0.05, 0.1) is 0 Å². The number of aliphatic hydroxyl groups excluding tert-OH is 1. The Morgan fingerprint density at radius 3 is 2.46 bits per heavy atom. The molecule has 5 heteroatoms. The summed E-state index contributed by atoms with van der Waals surface area (Å²) in [6.45, 7) is 2.18. The number of rotatable bonds is 10. The van der Waals surface area contributed by atoms with Crippen LogP contribution in [0.25, 0.3) is 11.3 Å². The molecule has 0 amide bonds. The molecule has 0 aliphatic carbocycles. The molecule has 0 fully saturated rings. The number of unbranched alkanes of at least 4 members (excludes halogenated alkanes) is 5. The van der Waals surface area contributed by atoms with Crippen LogP contribution in [0.1, 0.15) is 74.4 Å². The number of hydrogen-bond acceptors (Lipinski definition) is 4. The summed E-state index contributed by atoms with van der Waals surface area (Å²) in [5.41, 5.74) is 0.485. The van der Waals surface area contributed by atoms with Gasteiger partial charge in [-0.3, -0.25) is 0 Å². The molecule has 0 aliphatic rings. The molecule has 1 heterocycles. The standard InChI is InChI=1S/C19H25NO4/c1-2-3-4-5-6-10-13-15(21)18-20-16(19(22)23)17(24-18)14-11-8-7-9-12-14/h7-9,11-12,15,21H,2-6,10,13H2,1H3,(H,22,23). The first-order valence-corrected chi connectivity index (χ1v) is 8.61. The highest BCUT2D eigenvalue weighted by molar-refractivity contribution is 5.92. The molecule has 0 bridgehead atoms. The van der Waals surface area contributed by atoms with Crippen LogP contribution < -0.4 is 0 Å². The maximum atomic E-state index is 11.4. The molecule has 24 heavy (non-hydrogen) atoms. The molecule has 1 aromatic carbocycles. The zero-order chi connectivity index (χ0) is 17.4. The predicted molar refractivity (Wildman–Crippen MR) is 91.9 cm³/mol. The summed E-state index contributed by atoms with van der Waals surface area (Å²) in [4.78, 5) is 15.4. The van der Waals surface area contributed by atoms with Crippen molar-refractivity contribution in [2.24, 2.45) is 0 Å². The van der Waals surface area contributed by atoms with Crippen LogP contribution in [0.2, 0.25) is 0 Å². The van der Waals surface area contributed by atoms with Crippen LogP contribution in [0.5, 0.6) is 0 Å². The van der Waals surface area contributed by atoms with E-state index in [1.807, 2.05) is 6.07 Å². The predicted octanol–water partition coefficient (Wildman–Crippen LogP) is 4.82. The van der Waals surface area contributed by atoms with Gasteiger partial charge >= 0.3 is 5.97 Å². The Balaban J connectivity index is 2.01. The fraction of sp³-hybridized carbons (Fsp3) is 0.474. The smallest absolute Gasteiger partial charge is 0.358 e. The lowest BCUT2D eigenvalue weighted by Gasteiger charge is -2.06. The molecule has 0 aliphatic heterocycles. The molecule has 1 aromatic heterocycles. The van der Waals surface area contributed by atoms with Crippen molar-refractivity contribution in [3.63, 3.8) is 0 Å². The fourth-order valence-corrected chi connectivity index (χ4v) is 2.65. The molecule has 130 valence electrons. The van der Waals surface area contributed by atoms with Gasteiger partial charge in [-0.1, -0.05) is 75.8 Å². The number of benzene rings is 1. The van der Waals surface area contributed by atoms with Crippen LogP contribution >= 0.6 is 0 Å². The fourth-order valence-electron chi connectivity index (χ4n) is 2.65. The second kappa shape index (κ2) is 9.23. The molecule has 2 N–H and O–H groups in total. The molecule has 0 radical (unpaired) electrons. The van der Waals surface area contributed by atoms with Crippen molar-refractivity contribution in [3.8, 4) is 11.3 Å². The number of carboxylic acids is 1. The first-order chi connectivity index (χ1) is 11.6. The van der Waals surface area contributed by atoms with Gasteiger partial charge in [-0.15, -0.1) is 0 Å². The maximum Gasteiger partial charge on any atom is 0.358 e. The lowest BCUT2D eigenvalue weighted by atomic mass is 10.1. The number of nitrogens with zero attached hydrogens (tertiary/aromatic N) is 1. The van der Waals surface area contributed by atoms with Gasteiger partial charge in [0, 0.05) is 5.56 Å². The number of aromatic carboxylic acids is 1. The van der Waals surface area contributed by atoms with Gasteiger partial charge in [0.1, 0.15) is 6.10 Å². The molecular formula is C19H25NO4. The second-order valence-corrected chi connectivity index (χ2v) is 5.97. The van der Waals surface area contributed by atoms with Gasteiger partial charge in [0.2, 0.25) is 5.89 Å². The number of carboxylic acid groups (broad SMARTS) is 1. The van der Waals surface area contributed by atoms with Gasteiger partial charge < -0.3 is 14.6 Å². The maximum absolute atomic E-state index is 11.4. The molecule has 1 atom stereocenters. The van der Waals surface area contributed by atoms with Gasteiger partial charge in [-0.05, 0) is 6.42 Å². The summed E-state index contributed by atoms with van der Waals surface area (Å²) in [5, 5.41) is 19.6. The molecule has 0 spiro atoms. The van der Waals surface area contributed by atoms with Crippen molar-refractivity contribution in [2.75, 3.05) is 0 Å². The third kappa shape index (κ3) is 4.93. The third-order valence-corrected chi connectivity index (χ3v) is 4.00. The zero-order valence-corrected chi connectivity index (χ0v) is 14.1. The summed E-state index contributed by atoms with van der Waals surface area (Å²) < 4.78 is 5.58. The Kier molecular flexibility index (Phi) is 7.00. The molecule has 5 nitrogen and oxygen atoms in total.